The van der Waals surface area contributed by atoms with Crippen molar-refractivity contribution in [3.63, 3.8) is 0 Å². The first-order valence-corrected chi connectivity index (χ1v) is 9.61. The summed E-state index contributed by atoms with van der Waals surface area (Å²) < 4.78 is 0. The van der Waals surface area contributed by atoms with E-state index >= 15 is 0 Å². The number of rotatable bonds is 7. The second kappa shape index (κ2) is 8.19. The minimum absolute atomic E-state index is 0.0579. The Morgan fingerprint density at radius 3 is 1.63 bits per heavy atom. The van der Waals surface area contributed by atoms with Gasteiger partial charge in [-0.15, -0.1) is 0 Å². The van der Waals surface area contributed by atoms with Crippen LogP contribution in [0.25, 0.3) is 0 Å². The van der Waals surface area contributed by atoms with E-state index in [0.29, 0.717) is 6.04 Å². The topological polar surface area (TPSA) is 45.7 Å². The van der Waals surface area contributed by atoms with Gasteiger partial charge in [0.25, 0.3) is 5.91 Å². The predicted octanol–water partition coefficient (Wildman–Crippen LogP) is 3.36. The van der Waals surface area contributed by atoms with Crippen molar-refractivity contribution in [1.29, 1.82) is 0 Å². The van der Waals surface area contributed by atoms with E-state index in [1.54, 1.807) is 0 Å². The highest BCUT2D eigenvalue weighted by atomic mass is 16.2. The van der Waals surface area contributed by atoms with Crippen LogP contribution in [0.15, 0.2) is 91.0 Å². The predicted molar refractivity (Wildman–Crippen MR) is 107 cm³/mol. The second-order valence-electron chi connectivity index (χ2n) is 7.16. The molecule has 1 atom stereocenters. The van der Waals surface area contributed by atoms with Gasteiger partial charge in [0.05, 0.1) is 0 Å². The summed E-state index contributed by atoms with van der Waals surface area (Å²) in [6.07, 6.45) is 2.18. The van der Waals surface area contributed by atoms with Crippen molar-refractivity contribution < 1.29 is 10.1 Å². The minimum atomic E-state index is -0.280. The number of hydrogen-bond acceptors (Lipinski definition) is 1. The Bertz CT molecular complexity index is 821. The molecule has 3 N–H and O–H groups in total. The summed E-state index contributed by atoms with van der Waals surface area (Å²) in [5.41, 5.74) is 3.43. The largest absolute Gasteiger partial charge is 0.348 e. The van der Waals surface area contributed by atoms with Gasteiger partial charge in [0, 0.05) is 22.7 Å². The molecule has 1 aliphatic rings. The zero-order valence-corrected chi connectivity index (χ0v) is 15.3. The van der Waals surface area contributed by atoms with Crippen molar-refractivity contribution in [3.05, 3.63) is 108 Å². The standard InChI is InChI=1S/C24H24N2O/c27-24(25-21-16-17-21)23(20-14-8-3-9-15-20)26-22(18-10-4-1-5-11-18)19-12-6-2-7-13-19/h1-15,21-23,26H,16-17H2,(H,25,27)/p+1/t23-/m0/s1. The summed E-state index contributed by atoms with van der Waals surface area (Å²) in [7, 11) is 0. The zero-order valence-electron chi connectivity index (χ0n) is 15.3. The van der Waals surface area contributed by atoms with Gasteiger partial charge in [-0.25, -0.2) is 0 Å². The van der Waals surface area contributed by atoms with Gasteiger partial charge in [-0.3, -0.25) is 4.79 Å². The highest BCUT2D eigenvalue weighted by molar-refractivity contribution is 5.82. The molecular formula is C24H25N2O+. The molecule has 0 unspecified atom stereocenters. The third-order valence-corrected chi connectivity index (χ3v) is 5.07. The number of quaternary nitrogens is 1. The Hall–Kier alpha value is -2.91. The lowest BCUT2D eigenvalue weighted by atomic mass is 9.96. The summed E-state index contributed by atoms with van der Waals surface area (Å²) in [6.45, 7) is 0. The molecule has 0 heterocycles. The minimum Gasteiger partial charge on any atom is -0.348 e. The van der Waals surface area contributed by atoms with E-state index < -0.39 is 0 Å². The van der Waals surface area contributed by atoms with Crippen LogP contribution in [0.2, 0.25) is 0 Å². The molecule has 0 aliphatic heterocycles. The van der Waals surface area contributed by atoms with Crippen LogP contribution in [0, 0.1) is 0 Å². The van der Waals surface area contributed by atoms with E-state index in [-0.39, 0.29) is 18.0 Å². The first-order valence-electron chi connectivity index (χ1n) is 9.61. The first kappa shape index (κ1) is 17.5. The maximum atomic E-state index is 13.0. The lowest BCUT2D eigenvalue weighted by Gasteiger charge is -2.23. The molecule has 136 valence electrons. The van der Waals surface area contributed by atoms with Crippen LogP contribution in [-0.2, 0) is 4.79 Å². The van der Waals surface area contributed by atoms with E-state index in [1.165, 1.54) is 11.1 Å². The fourth-order valence-electron chi connectivity index (χ4n) is 3.46. The molecule has 1 saturated carbocycles. The molecule has 1 amide bonds. The third-order valence-electron chi connectivity index (χ3n) is 5.07. The second-order valence-corrected chi connectivity index (χ2v) is 7.16. The van der Waals surface area contributed by atoms with Gasteiger partial charge in [-0.1, -0.05) is 91.0 Å². The van der Waals surface area contributed by atoms with Crippen molar-refractivity contribution in [2.75, 3.05) is 0 Å². The molecule has 0 aromatic heterocycles. The van der Waals surface area contributed by atoms with Crippen LogP contribution in [0.5, 0.6) is 0 Å². The lowest BCUT2D eigenvalue weighted by Crippen LogP contribution is -2.88. The monoisotopic (exact) mass is 357 g/mol. The maximum Gasteiger partial charge on any atom is 0.283 e. The van der Waals surface area contributed by atoms with E-state index in [2.05, 4.69) is 59.2 Å². The van der Waals surface area contributed by atoms with E-state index in [0.717, 1.165) is 18.4 Å². The summed E-state index contributed by atoms with van der Waals surface area (Å²) >= 11 is 0. The smallest absolute Gasteiger partial charge is 0.283 e. The van der Waals surface area contributed by atoms with Gasteiger partial charge < -0.3 is 10.6 Å². The summed E-state index contributed by atoms with van der Waals surface area (Å²) in [4.78, 5) is 13.0. The van der Waals surface area contributed by atoms with Crippen molar-refractivity contribution in [2.45, 2.75) is 31.0 Å². The van der Waals surface area contributed by atoms with Crippen LogP contribution in [0.4, 0.5) is 0 Å². The molecule has 0 bridgehead atoms. The van der Waals surface area contributed by atoms with Crippen molar-refractivity contribution in [3.8, 4) is 0 Å². The van der Waals surface area contributed by atoms with Gasteiger partial charge in [0.1, 0.15) is 6.04 Å². The Morgan fingerprint density at radius 2 is 1.19 bits per heavy atom. The van der Waals surface area contributed by atoms with Crippen LogP contribution < -0.4 is 10.6 Å². The Balaban J connectivity index is 1.68. The number of carbonyl (C=O) groups excluding carboxylic acids is 1. The van der Waals surface area contributed by atoms with E-state index in [1.807, 2.05) is 42.5 Å². The van der Waals surface area contributed by atoms with Crippen molar-refractivity contribution in [2.24, 2.45) is 0 Å². The molecule has 27 heavy (non-hydrogen) atoms. The molecule has 4 rings (SSSR count). The Labute approximate surface area is 160 Å². The number of carbonyl (C=O) groups is 1. The van der Waals surface area contributed by atoms with Gasteiger partial charge in [-0.2, -0.15) is 0 Å². The van der Waals surface area contributed by atoms with Crippen molar-refractivity contribution in [1.82, 2.24) is 5.32 Å². The number of benzene rings is 3. The molecule has 3 aromatic carbocycles. The van der Waals surface area contributed by atoms with Gasteiger partial charge >= 0.3 is 0 Å². The normalized spacial score (nSPS) is 14.7. The summed E-state index contributed by atoms with van der Waals surface area (Å²) in [5, 5.41) is 5.38. The number of nitrogens with one attached hydrogen (secondary N) is 1. The number of nitrogens with two attached hydrogens (primary N) is 1. The molecule has 3 nitrogen and oxygen atoms in total. The fraction of sp³-hybridized carbons (Fsp3) is 0.208. The Kier molecular flexibility index (Phi) is 5.31. The molecule has 1 fully saturated rings. The van der Waals surface area contributed by atoms with Crippen LogP contribution in [0.1, 0.15) is 41.6 Å². The highest BCUT2D eigenvalue weighted by Crippen LogP contribution is 2.22. The summed E-state index contributed by atoms with van der Waals surface area (Å²) in [5.74, 6) is 0.0977. The molecular weight excluding hydrogens is 332 g/mol. The fourth-order valence-corrected chi connectivity index (χ4v) is 3.46. The van der Waals surface area contributed by atoms with Gasteiger partial charge in [0.15, 0.2) is 6.04 Å². The molecule has 0 spiro atoms. The van der Waals surface area contributed by atoms with Gasteiger partial charge in [-0.05, 0) is 12.8 Å². The average molecular weight is 357 g/mol. The van der Waals surface area contributed by atoms with Crippen LogP contribution in [-0.4, -0.2) is 11.9 Å². The van der Waals surface area contributed by atoms with Gasteiger partial charge in [0.2, 0.25) is 0 Å². The highest BCUT2D eigenvalue weighted by Gasteiger charge is 2.33. The molecule has 0 saturated heterocycles. The van der Waals surface area contributed by atoms with E-state index in [4.69, 9.17) is 0 Å². The van der Waals surface area contributed by atoms with Crippen molar-refractivity contribution >= 4 is 5.91 Å². The van der Waals surface area contributed by atoms with Crippen LogP contribution >= 0.6 is 0 Å². The summed E-state index contributed by atoms with van der Waals surface area (Å²) in [6, 6.07) is 31.0. The molecule has 3 aromatic rings. The quantitative estimate of drug-likeness (QED) is 0.669. The molecule has 3 heteroatoms. The Morgan fingerprint density at radius 1 is 0.741 bits per heavy atom. The lowest BCUT2D eigenvalue weighted by molar-refractivity contribution is -0.714. The average Bonchev–Trinajstić information content (AvgIpc) is 3.54. The number of hydrogen-bond donors (Lipinski definition) is 2. The zero-order chi connectivity index (χ0) is 18.5. The number of amides is 1. The SMILES string of the molecule is O=C(NC1CC1)[C@@H]([NH2+]C(c1ccccc1)c1ccccc1)c1ccccc1. The first-order chi connectivity index (χ1) is 13.3. The maximum absolute atomic E-state index is 13.0. The molecule has 0 radical (unpaired) electrons. The van der Waals surface area contributed by atoms with Crippen LogP contribution in [0.3, 0.4) is 0 Å². The molecule has 1 aliphatic carbocycles. The van der Waals surface area contributed by atoms with E-state index in [9.17, 15) is 4.79 Å². The third kappa shape index (κ3) is 4.44.